The number of benzene rings is 2. The van der Waals surface area contributed by atoms with Crippen molar-refractivity contribution in [1.29, 1.82) is 0 Å². The maximum absolute atomic E-state index is 12.9. The van der Waals surface area contributed by atoms with Crippen molar-refractivity contribution in [3.05, 3.63) is 63.4 Å². The monoisotopic (exact) mass is 442 g/mol. The van der Waals surface area contributed by atoms with Gasteiger partial charge in [-0.1, -0.05) is 34.1 Å². The Morgan fingerprint density at radius 3 is 2.46 bits per heavy atom. The molecule has 144 valence electrons. The molecule has 0 aliphatic carbocycles. The minimum Gasteiger partial charge on any atom is -0.378 e. The minimum atomic E-state index is -0.305. The highest BCUT2D eigenvalue weighted by Gasteiger charge is 2.19. The fourth-order valence-corrected chi connectivity index (χ4v) is 3.47. The molecule has 0 radical (unpaired) electrons. The molecule has 1 aliphatic rings. The topological polar surface area (TPSA) is 76.5 Å². The predicted molar refractivity (Wildman–Crippen MR) is 112 cm³/mol. The highest BCUT2D eigenvalue weighted by atomic mass is 79.9. The fraction of sp³-hybridized carbons (Fsp3) is 0.250. The zero-order chi connectivity index (χ0) is 19.5. The largest absolute Gasteiger partial charge is 0.378 e. The van der Waals surface area contributed by atoms with Crippen molar-refractivity contribution in [1.82, 2.24) is 9.78 Å². The van der Waals surface area contributed by atoms with E-state index < -0.39 is 0 Å². The minimum absolute atomic E-state index is 0.156. The number of halogens is 1. The lowest BCUT2D eigenvalue weighted by Gasteiger charge is -2.29. The lowest BCUT2D eigenvalue weighted by molar-refractivity contribution is -0.117. The molecule has 1 N–H and O–H groups in total. The van der Waals surface area contributed by atoms with Crippen LogP contribution in [0.1, 0.15) is 0 Å². The van der Waals surface area contributed by atoms with Crippen LogP contribution in [0.15, 0.2) is 57.8 Å². The van der Waals surface area contributed by atoms with Crippen LogP contribution in [0, 0.1) is 0 Å². The average Bonchev–Trinajstić information content (AvgIpc) is 2.72. The second-order valence-corrected chi connectivity index (χ2v) is 7.40. The maximum Gasteiger partial charge on any atom is 0.275 e. The molecular formula is C20H19BrN4O3. The number of anilines is 2. The molecule has 8 heteroatoms. The van der Waals surface area contributed by atoms with Gasteiger partial charge in [-0.15, -0.1) is 0 Å². The Morgan fingerprint density at radius 1 is 1.07 bits per heavy atom. The van der Waals surface area contributed by atoms with Gasteiger partial charge in [-0.05, 0) is 30.3 Å². The van der Waals surface area contributed by atoms with Crippen molar-refractivity contribution in [3.63, 3.8) is 0 Å². The molecule has 0 unspecified atom stereocenters. The van der Waals surface area contributed by atoms with E-state index >= 15 is 0 Å². The van der Waals surface area contributed by atoms with Crippen molar-refractivity contribution >= 4 is 44.1 Å². The zero-order valence-corrected chi connectivity index (χ0v) is 16.7. The van der Waals surface area contributed by atoms with Crippen LogP contribution in [-0.2, 0) is 16.1 Å². The number of carbonyl (C=O) groups excluding carboxylic acids is 1. The van der Waals surface area contributed by atoms with Crippen LogP contribution in [0.3, 0.4) is 0 Å². The Labute approximate surface area is 170 Å². The summed E-state index contributed by atoms with van der Waals surface area (Å²) in [6, 6.07) is 14.6. The molecule has 2 aromatic carbocycles. The number of ether oxygens (including phenoxy) is 1. The van der Waals surface area contributed by atoms with Crippen molar-refractivity contribution in [3.8, 4) is 0 Å². The van der Waals surface area contributed by atoms with Crippen molar-refractivity contribution in [2.45, 2.75) is 6.54 Å². The quantitative estimate of drug-likeness (QED) is 0.671. The summed E-state index contributed by atoms with van der Waals surface area (Å²) in [4.78, 5) is 27.4. The number of carbonyl (C=O) groups is 1. The SMILES string of the molecule is O=C(Cn1nc(N2CCOCC2)c2ccccc2c1=O)Nc1ccc(Br)cc1. The highest BCUT2D eigenvalue weighted by Crippen LogP contribution is 2.22. The molecule has 1 fully saturated rings. The van der Waals surface area contributed by atoms with Gasteiger partial charge in [0, 0.05) is 28.6 Å². The van der Waals surface area contributed by atoms with Crippen molar-refractivity contribution in [2.24, 2.45) is 0 Å². The summed E-state index contributed by atoms with van der Waals surface area (Å²) in [7, 11) is 0. The summed E-state index contributed by atoms with van der Waals surface area (Å²) in [6.07, 6.45) is 0. The lowest BCUT2D eigenvalue weighted by Crippen LogP contribution is -2.39. The van der Waals surface area contributed by atoms with E-state index in [1.807, 2.05) is 30.3 Å². The number of hydrogen-bond donors (Lipinski definition) is 1. The maximum atomic E-state index is 12.9. The van der Waals surface area contributed by atoms with Gasteiger partial charge in [0.05, 0.1) is 18.6 Å². The molecule has 1 aliphatic heterocycles. The molecule has 0 spiro atoms. The first kappa shape index (κ1) is 18.6. The Hall–Kier alpha value is -2.71. The number of amides is 1. The summed E-state index contributed by atoms with van der Waals surface area (Å²) >= 11 is 3.36. The van der Waals surface area contributed by atoms with Crippen LogP contribution in [0.2, 0.25) is 0 Å². The number of morpholine rings is 1. The molecular weight excluding hydrogens is 424 g/mol. The summed E-state index contributed by atoms with van der Waals surface area (Å²) in [6.45, 7) is 2.45. The third-order valence-electron chi connectivity index (χ3n) is 4.58. The van der Waals surface area contributed by atoms with Gasteiger partial charge in [0.15, 0.2) is 5.82 Å². The Morgan fingerprint density at radius 2 is 1.75 bits per heavy atom. The van der Waals surface area contributed by atoms with Crippen LogP contribution >= 0.6 is 15.9 Å². The number of hydrogen-bond acceptors (Lipinski definition) is 5. The van der Waals surface area contributed by atoms with E-state index in [1.165, 1.54) is 4.68 Å². The van der Waals surface area contributed by atoms with Crippen LogP contribution < -0.4 is 15.8 Å². The second kappa shape index (κ2) is 8.12. The summed E-state index contributed by atoms with van der Waals surface area (Å²) in [5.74, 6) is 0.398. The van der Waals surface area contributed by atoms with Gasteiger partial charge in [-0.3, -0.25) is 9.59 Å². The number of rotatable bonds is 4. The van der Waals surface area contributed by atoms with Crippen molar-refractivity contribution < 1.29 is 9.53 Å². The molecule has 7 nitrogen and oxygen atoms in total. The van der Waals surface area contributed by atoms with E-state index in [1.54, 1.807) is 18.2 Å². The second-order valence-electron chi connectivity index (χ2n) is 6.49. The lowest BCUT2D eigenvalue weighted by atomic mass is 10.1. The summed E-state index contributed by atoms with van der Waals surface area (Å²) < 4.78 is 7.58. The fourth-order valence-electron chi connectivity index (χ4n) is 3.20. The highest BCUT2D eigenvalue weighted by molar-refractivity contribution is 9.10. The molecule has 0 bridgehead atoms. The van der Waals surface area contributed by atoms with Gasteiger partial charge in [-0.2, -0.15) is 5.10 Å². The Balaban J connectivity index is 1.66. The van der Waals surface area contributed by atoms with Gasteiger partial charge in [0.25, 0.3) is 5.56 Å². The number of aromatic nitrogens is 2. The Kier molecular flexibility index (Phi) is 5.40. The zero-order valence-electron chi connectivity index (χ0n) is 15.1. The smallest absolute Gasteiger partial charge is 0.275 e. The molecule has 3 aromatic rings. The average molecular weight is 443 g/mol. The molecule has 0 saturated carbocycles. The van der Waals surface area contributed by atoms with Crippen LogP contribution in [0.5, 0.6) is 0 Å². The van der Waals surface area contributed by atoms with Gasteiger partial charge in [-0.25, -0.2) is 4.68 Å². The molecule has 4 rings (SSSR count). The van der Waals surface area contributed by atoms with Gasteiger partial charge in [0.1, 0.15) is 6.54 Å². The van der Waals surface area contributed by atoms with Gasteiger partial charge >= 0.3 is 0 Å². The standard InChI is InChI=1S/C20H19BrN4O3/c21-14-5-7-15(8-6-14)22-18(26)13-25-20(27)17-4-2-1-3-16(17)19(23-25)24-9-11-28-12-10-24/h1-8H,9-13H2,(H,22,26). The van der Waals surface area contributed by atoms with E-state index in [2.05, 4.69) is 31.2 Å². The molecule has 1 saturated heterocycles. The first-order chi connectivity index (χ1) is 13.6. The third-order valence-corrected chi connectivity index (χ3v) is 5.11. The van der Waals surface area contributed by atoms with Crippen LogP contribution in [0.4, 0.5) is 11.5 Å². The third kappa shape index (κ3) is 3.93. The van der Waals surface area contributed by atoms with E-state index in [4.69, 9.17) is 4.74 Å². The first-order valence-corrected chi connectivity index (χ1v) is 9.79. The van der Waals surface area contributed by atoms with Gasteiger partial charge < -0.3 is 15.0 Å². The normalized spacial score (nSPS) is 14.2. The number of fused-ring (bicyclic) bond motifs is 1. The molecule has 1 amide bonds. The summed E-state index contributed by atoms with van der Waals surface area (Å²) in [5, 5.41) is 8.67. The first-order valence-electron chi connectivity index (χ1n) is 9.00. The van der Waals surface area contributed by atoms with Gasteiger partial charge in [0.2, 0.25) is 5.91 Å². The van der Waals surface area contributed by atoms with Crippen molar-refractivity contribution in [2.75, 3.05) is 36.5 Å². The molecule has 0 atom stereocenters. The number of nitrogens with one attached hydrogen (secondary N) is 1. The molecule has 28 heavy (non-hydrogen) atoms. The van der Waals surface area contributed by atoms with E-state index in [9.17, 15) is 9.59 Å². The van der Waals surface area contributed by atoms with E-state index in [0.29, 0.717) is 43.2 Å². The predicted octanol–water partition coefficient (Wildman–Crippen LogP) is 2.63. The van der Waals surface area contributed by atoms with Crippen LogP contribution in [0.25, 0.3) is 10.8 Å². The van der Waals surface area contributed by atoms with E-state index in [0.717, 1.165) is 9.86 Å². The number of nitrogens with zero attached hydrogens (tertiary/aromatic N) is 3. The molecule has 1 aromatic heterocycles. The van der Waals surface area contributed by atoms with E-state index in [-0.39, 0.29) is 18.0 Å². The summed E-state index contributed by atoms with van der Waals surface area (Å²) in [5.41, 5.74) is 0.383. The molecule has 2 heterocycles. The Bertz CT molecular complexity index is 1060. The van der Waals surface area contributed by atoms with Crippen LogP contribution in [-0.4, -0.2) is 42.0 Å².